The molecule has 0 spiro atoms. The van der Waals surface area contributed by atoms with Gasteiger partial charge in [-0.25, -0.2) is 0 Å². The Balaban J connectivity index is 2.16. The third kappa shape index (κ3) is 1.24. The molecule has 1 aliphatic carbocycles. The fraction of sp³-hybridized carbons (Fsp3) is 0.400. The molecule has 0 saturated heterocycles. The number of fused-ring (bicyclic) bond motifs is 1. The number of aliphatic hydroxyl groups is 1. The van der Waals surface area contributed by atoms with E-state index >= 15 is 0 Å². The van der Waals surface area contributed by atoms with Gasteiger partial charge in [-0.1, -0.05) is 24.3 Å². The Hall–Kier alpha value is -0.860. The molecule has 12 heavy (non-hydrogen) atoms. The molecule has 64 valence electrons. The van der Waals surface area contributed by atoms with E-state index in [1.165, 1.54) is 11.1 Å². The Morgan fingerprint density at radius 1 is 1.58 bits per heavy atom. The molecule has 0 aromatic heterocycles. The minimum atomic E-state index is 0.102. The molecule has 2 rings (SSSR count). The summed E-state index contributed by atoms with van der Waals surface area (Å²) in [5.74, 6) is 0. The van der Waals surface area contributed by atoms with Gasteiger partial charge in [-0.05, 0) is 11.1 Å². The van der Waals surface area contributed by atoms with E-state index in [9.17, 15) is 0 Å². The quantitative estimate of drug-likeness (QED) is 0.664. The Kier molecular flexibility index (Phi) is 2.11. The lowest BCUT2D eigenvalue weighted by molar-refractivity contribution is 0.0742. The van der Waals surface area contributed by atoms with Crippen LogP contribution < -0.4 is 0 Å². The molecule has 0 unspecified atom stereocenters. The second-order valence-electron chi connectivity index (χ2n) is 2.97. The van der Waals surface area contributed by atoms with Crippen LogP contribution in [0.15, 0.2) is 35.5 Å². The van der Waals surface area contributed by atoms with Crippen molar-refractivity contribution in [2.45, 2.75) is 12.5 Å². The standard InChI is InChI=1S/C10H12O2/c11-6-4-10-9-3-1-2-8(9)5-7-12-10/h1-3,5,10-11H,4,6-7H2/t10-/m0/s1. The lowest BCUT2D eigenvalue weighted by Gasteiger charge is -2.23. The molecule has 0 aromatic carbocycles. The van der Waals surface area contributed by atoms with E-state index < -0.39 is 0 Å². The average molecular weight is 164 g/mol. The molecule has 0 saturated carbocycles. The number of hydrogen-bond donors (Lipinski definition) is 1. The minimum absolute atomic E-state index is 0.102. The smallest absolute Gasteiger partial charge is 0.0856 e. The molecule has 1 heterocycles. The molecule has 1 N–H and O–H groups in total. The number of hydrogen-bond acceptors (Lipinski definition) is 2. The van der Waals surface area contributed by atoms with Gasteiger partial charge < -0.3 is 9.84 Å². The zero-order valence-corrected chi connectivity index (χ0v) is 6.86. The van der Waals surface area contributed by atoms with Crippen molar-refractivity contribution in [3.63, 3.8) is 0 Å². The summed E-state index contributed by atoms with van der Waals surface area (Å²) in [6.07, 6.45) is 9.05. The van der Waals surface area contributed by atoms with E-state index in [1.807, 2.05) is 6.08 Å². The number of aliphatic hydroxyl groups excluding tert-OH is 1. The number of rotatable bonds is 2. The van der Waals surface area contributed by atoms with E-state index in [2.05, 4.69) is 18.2 Å². The Morgan fingerprint density at radius 2 is 2.50 bits per heavy atom. The van der Waals surface area contributed by atoms with Gasteiger partial charge in [-0.2, -0.15) is 0 Å². The second-order valence-corrected chi connectivity index (χ2v) is 2.97. The Bertz CT molecular complexity index is 261. The highest BCUT2D eigenvalue weighted by Crippen LogP contribution is 2.28. The van der Waals surface area contributed by atoms with Gasteiger partial charge in [0.05, 0.1) is 12.7 Å². The highest BCUT2D eigenvalue weighted by atomic mass is 16.5. The molecule has 2 aliphatic rings. The fourth-order valence-electron chi connectivity index (χ4n) is 1.63. The SMILES string of the molecule is OCC[C@@H]1OCC=C2C=CC=C21. The maximum absolute atomic E-state index is 8.79. The highest BCUT2D eigenvalue weighted by molar-refractivity contribution is 5.51. The van der Waals surface area contributed by atoms with E-state index in [-0.39, 0.29) is 12.7 Å². The van der Waals surface area contributed by atoms with Crippen LogP contribution in [0, 0.1) is 0 Å². The molecule has 0 fully saturated rings. The van der Waals surface area contributed by atoms with Crippen LogP contribution in [0.5, 0.6) is 0 Å². The zero-order chi connectivity index (χ0) is 8.39. The Labute approximate surface area is 71.9 Å². The molecule has 0 bridgehead atoms. The number of allylic oxidation sites excluding steroid dienone is 3. The maximum atomic E-state index is 8.79. The highest BCUT2D eigenvalue weighted by Gasteiger charge is 2.21. The molecule has 2 heteroatoms. The predicted molar refractivity (Wildman–Crippen MR) is 46.7 cm³/mol. The minimum Gasteiger partial charge on any atom is -0.396 e. The summed E-state index contributed by atoms with van der Waals surface area (Å²) in [6.45, 7) is 0.858. The van der Waals surface area contributed by atoms with Crippen molar-refractivity contribution in [3.8, 4) is 0 Å². The molecule has 0 aromatic rings. The van der Waals surface area contributed by atoms with E-state index in [0.717, 1.165) is 0 Å². The largest absolute Gasteiger partial charge is 0.396 e. The summed E-state index contributed by atoms with van der Waals surface area (Å²) in [6, 6.07) is 0. The van der Waals surface area contributed by atoms with E-state index in [4.69, 9.17) is 9.84 Å². The summed E-state index contributed by atoms with van der Waals surface area (Å²) in [4.78, 5) is 0. The van der Waals surface area contributed by atoms with Gasteiger partial charge in [-0.3, -0.25) is 0 Å². The maximum Gasteiger partial charge on any atom is 0.0856 e. The third-order valence-electron chi connectivity index (χ3n) is 2.22. The Morgan fingerprint density at radius 3 is 3.33 bits per heavy atom. The topological polar surface area (TPSA) is 29.5 Å². The fourth-order valence-corrected chi connectivity index (χ4v) is 1.63. The van der Waals surface area contributed by atoms with E-state index in [1.54, 1.807) is 0 Å². The summed E-state index contributed by atoms with van der Waals surface area (Å²) in [7, 11) is 0. The summed E-state index contributed by atoms with van der Waals surface area (Å²) in [5.41, 5.74) is 2.48. The van der Waals surface area contributed by atoms with Crippen LogP contribution in [-0.2, 0) is 4.74 Å². The van der Waals surface area contributed by atoms with Crippen molar-refractivity contribution in [1.29, 1.82) is 0 Å². The first-order chi connectivity index (χ1) is 5.92. The van der Waals surface area contributed by atoms with Crippen molar-refractivity contribution >= 4 is 0 Å². The van der Waals surface area contributed by atoms with Gasteiger partial charge in [0.2, 0.25) is 0 Å². The molecule has 0 radical (unpaired) electrons. The lowest BCUT2D eigenvalue weighted by atomic mass is 9.99. The number of ether oxygens (including phenoxy) is 1. The first kappa shape index (κ1) is 7.77. The van der Waals surface area contributed by atoms with Crippen LogP contribution in [0.4, 0.5) is 0 Å². The molecule has 2 nitrogen and oxygen atoms in total. The molecule has 0 amide bonds. The van der Waals surface area contributed by atoms with Crippen molar-refractivity contribution in [2.75, 3.05) is 13.2 Å². The van der Waals surface area contributed by atoms with E-state index in [0.29, 0.717) is 13.0 Å². The average Bonchev–Trinajstić information content (AvgIpc) is 2.53. The zero-order valence-electron chi connectivity index (χ0n) is 6.86. The van der Waals surface area contributed by atoms with Gasteiger partial charge in [0, 0.05) is 13.0 Å². The van der Waals surface area contributed by atoms with Crippen molar-refractivity contribution in [1.82, 2.24) is 0 Å². The molecule has 1 aliphatic heterocycles. The third-order valence-corrected chi connectivity index (χ3v) is 2.22. The molecule has 1 atom stereocenters. The van der Waals surface area contributed by atoms with Gasteiger partial charge in [0.25, 0.3) is 0 Å². The van der Waals surface area contributed by atoms with Gasteiger partial charge in [0.1, 0.15) is 0 Å². The van der Waals surface area contributed by atoms with Crippen LogP contribution in [0.3, 0.4) is 0 Å². The first-order valence-corrected chi connectivity index (χ1v) is 4.23. The van der Waals surface area contributed by atoms with Crippen LogP contribution in [0.2, 0.25) is 0 Å². The summed E-state index contributed by atoms with van der Waals surface area (Å²) in [5, 5.41) is 8.79. The normalized spacial score (nSPS) is 26.6. The van der Waals surface area contributed by atoms with Crippen molar-refractivity contribution in [3.05, 3.63) is 35.5 Å². The van der Waals surface area contributed by atoms with Crippen molar-refractivity contribution < 1.29 is 9.84 Å². The lowest BCUT2D eigenvalue weighted by Crippen LogP contribution is -2.21. The van der Waals surface area contributed by atoms with Crippen LogP contribution in [-0.4, -0.2) is 24.4 Å². The predicted octanol–water partition coefficient (Wildman–Crippen LogP) is 1.19. The summed E-state index contributed by atoms with van der Waals surface area (Å²) >= 11 is 0. The summed E-state index contributed by atoms with van der Waals surface area (Å²) < 4.78 is 5.49. The van der Waals surface area contributed by atoms with Gasteiger partial charge >= 0.3 is 0 Å². The van der Waals surface area contributed by atoms with Crippen LogP contribution in [0.1, 0.15) is 6.42 Å². The van der Waals surface area contributed by atoms with Crippen LogP contribution >= 0.6 is 0 Å². The monoisotopic (exact) mass is 164 g/mol. The van der Waals surface area contributed by atoms with Crippen molar-refractivity contribution in [2.24, 2.45) is 0 Å². The second kappa shape index (κ2) is 3.25. The first-order valence-electron chi connectivity index (χ1n) is 4.23. The van der Waals surface area contributed by atoms with Crippen LogP contribution in [0.25, 0.3) is 0 Å². The molecular weight excluding hydrogens is 152 g/mol. The van der Waals surface area contributed by atoms with Gasteiger partial charge in [0.15, 0.2) is 0 Å². The van der Waals surface area contributed by atoms with Gasteiger partial charge in [-0.15, -0.1) is 0 Å². The molecular formula is C10H12O2.